The van der Waals surface area contributed by atoms with Crippen molar-refractivity contribution < 1.29 is 38.4 Å². The van der Waals surface area contributed by atoms with Gasteiger partial charge in [0.1, 0.15) is 5.78 Å². The van der Waals surface area contributed by atoms with E-state index < -0.39 is 11.4 Å². The highest BCUT2D eigenvalue weighted by Crippen LogP contribution is 1.77. The minimum Gasteiger partial charge on any atom is -0.300 e. The Hall–Kier alpha value is -0.420. The summed E-state index contributed by atoms with van der Waals surface area (Å²) in [5, 5.41) is 15.3. The number of ketones is 1. The Morgan fingerprint density at radius 3 is 1.00 bits per heavy atom. The molecule has 0 aliphatic heterocycles. The fourth-order valence-electron chi connectivity index (χ4n) is 0. The van der Waals surface area contributed by atoms with Crippen molar-refractivity contribution in [3.63, 3.8) is 0 Å². The van der Waals surface area contributed by atoms with Crippen LogP contribution >= 0.6 is 0 Å². The Labute approximate surface area is 110 Å². The third-order valence-corrected chi connectivity index (χ3v) is 0.422. The zero-order chi connectivity index (χ0) is 15.7. The van der Waals surface area contributed by atoms with Gasteiger partial charge in [0, 0.05) is 0 Å². The first-order valence-corrected chi connectivity index (χ1v) is 5.95. The Kier molecular flexibility index (Phi) is 31.8. The van der Waals surface area contributed by atoms with Gasteiger partial charge >= 0.3 is 0 Å². The summed E-state index contributed by atoms with van der Waals surface area (Å²) in [5.41, 5.74) is 0. The van der Waals surface area contributed by atoms with E-state index in [-0.39, 0.29) is 18.0 Å². The molecule has 0 aromatic rings. The summed E-state index contributed by atoms with van der Waals surface area (Å²) in [5.74, 6) is 0.167. The van der Waals surface area contributed by atoms with E-state index in [9.17, 15) is 4.79 Å². The van der Waals surface area contributed by atoms with Crippen LogP contribution in [-0.2, 0) is 25.9 Å². The van der Waals surface area contributed by atoms with E-state index in [1.54, 1.807) is 27.7 Å². The molecule has 0 amide bonds. The zero-order valence-electron chi connectivity index (χ0n) is 11.5. The number of Topliss-reactive ketones (excluding diaryl/α,β-unsaturated/α-hetero) is 1. The smallest absolute Gasteiger partial charge is 0.299 e. The van der Waals surface area contributed by atoms with Gasteiger partial charge in [-0.1, -0.05) is 0 Å². The maximum atomic E-state index is 9.44. The first-order valence-electron chi connectivity index (χ1n) is 4.88. The molecule has 0 heterocycles. The molecule has 0 atom stereocenters. The lowest BCUT2D eigenvalue weighted by molar-refractivity contribution is -0.269. The van der Waals surface area contributed by atoms with Crippen LogP contribution in [-0.4, -0.2) is 41.8 Å². The van der Waals surface area contributed by atoms with Gasteiger partial charge in [0.2, 0.25) is 0 Å². The molecule has 0 fully saturated rings. The van der Waals surface area contributed by atoms with Crippen LogP contribution in [0.1, 0.15) is 41.5 Å². The second kappa shape index (κ2) is 21.8. The molecule has 8 nitrogen and oxygen atoms in total. The number of hydrogen-bond donors (Lipinski definition) is 4. The largest absolute Gasteiger partial charge is 0.300 e. The highest BCUT2D eigenvalue weighted by molar-refractivity contribution is 7.73. The van der Waals surface area contributed by atoms with Crippen LogP contribution in [0.15, 0.2) is 0 Å². The summed E-state index contributed by atoms with van der Waals surface area (Å²) in [6.07, 6.45) is -0.120. The molecule has 0 unspecified atom stereocenters. The third kappa shape index (κ3) is 258. The van der Waals surface area contributed by atoms with Crippen LogP contribution < -0.4 is 0 Å². The molecular formula is C9H24O8S. The predicted molar refractivity (Wildman–Crippen MR) is 67.5 cm³/mol. The third-order valence-electron chi connectivity index (χ3n) is 0.422. The molecule has 114 valence electrons. The van der Waals surface area contributed by atoms with Gasteiger partial charge in [-0.15, -0.1) is 0 Å². The molecule has 0 rings (SSSR count). The SMILES string of the molecule is CC(C)=O.CC(C)OO.CC(C)OO.O=S(O)O. The molecule has 0 radical (unpaired) electrons. The summed E-state index contributed by atoms with van der Waals surface area (Å²) >= 11 is -2.61. The average molecular weight is 292 g/mol. The molecule has 0 saturated heterocycles. The molecule has 0 aliphatic rings. The summed E-state index contributed by atoms with van der Waals surface area (Å²) in [7, 11) is 0. The predicted octanol–water partition coefficient (Wildman–Crippen LogP) is 2.05. The van der Waals surface area contributed by atoms with Gasteiger partial charge in [0.05, 0.1) is 12.2 Å². The fourth-order valence-corrected chi connectivity index (χ4v) is 0. The van der Waals surface area contributed by atoms with Crippen molar-refractivity contribution in [2.45, 2.75) is 53.8 Å². The first-order chi connectivity index (χ1) is 8.00. The molecule has 0 aromatic heterocycles. The van der Waals surface area contributed by atoms with E-state index in [1.807, 2.05) is 0 Å². The summed E-state index contributed by atoms with van der Waals surface area (Å²) in [6, 6.07) is 0. The Morgan fingerprint density at radius 2 is 1.00 bits per heavy atom. The van der Waals surface area contributed by atoms with Crippen LogP contribution in [0, 0.1) is 0 Å². The van der Waals surface area contributed by atoms with Gasteiger partial charge in [0.25, 0.3) is 11.4 Å². The molecule has 4 N–H and O–H groups in total. The molecule has 0 saturated carbocycles. The average Bonchev–Trinajstić information content (AvgIpc) is 2.16. The lowest BCUT2D eigenvalue weighted by atomic mass is 10.5. The van der Waals surface area contributed by atoms with Crippen LogP contribution in [0.3, 0.4) is 0 Å². The Balaban J connectivity index is -0.0000000731. The minimum atomic E-state index is -2.61. The normalized spacial score (nSPS) is 8.72. The van der Waals surface area contributed by atoms with Crippen LogP contribution in [0.5, 0.6) is 0 Å². The van der Waals surface area contributed by atoms with Crippen molar-refractivity contribution in [1.29, 1.82) is 0 Å². The number of rotatable bonds is 2. The monoisotopic (exact) mass is 292 g/mol. The van der Waals surface area contributed by atoms with Crippen LogP contribution in [0.2, 0.25) is 0 Å². The standard InChI is InChI=1S/2C3H8O2.C3H6O.H2O3S/c2*1-3(2)5-4;1-3(2)4;1-4(2)3/h2*3-4H,1-2H3;1-2H3;(H2,1,2,3). The number of hydrogen-bond acceptors (Lipinski definition) is 6. The molecule has 0 spiro atoms. The summed E-state index contributed by atoms with van der Waals surface area (Å²) in [4.78, 5) is 16.9. The highest BCUT2D eigenvalue weighted by Gasteiger charge is 1.82. The highest BCUT2D eigenvalue weighted by atomic mass is 32.2. The molecule has 0 aliphatic carbocycles. The van der Waals surface area contributed by atoms with E-state index in [4.69, 9.17) is 23.8 Å². The van der Waals surface area contributed by atoms with Gasteiger partial charge < -0.3 is 4.79 Å². The van der Waals surface area contributed by atoms with Gasteiger partial charge in [0.15, 0.2) is 0 Å². The van der Waals surface area contributed by atoms with Gasteiger partial charge in [-0.2, -0.15) is 4.21 Å². The fraction of sp³-hybridized carbons (Fsp3) is 0.889. The molecule has 18 heavy (non-hydrogen) atoms. The molecule has 9 heteroatoms. The maximum Gasteiger partial charge on any atom is 0.299 e. The molecule has 0 aromatic carbocycles. The lowest BCUT2D eigenvalue weighted by Gasteiger charge is -1.91. The zero-order valence-corrected chi connectivity index (χ0v) is 12.3. The van der Waals surface area contributed by atoms with Crippen molar-refractivity contribution >= 4 is 17.1 Å². The van der Waals surface area contributed by atoms with E-state index >= 15 is 0 Å². The minimum absolute atomic E-state index is 0.0602. The van der Waals surface area contributed by atoms with Crippen LogP contribution in [0.4, 0.5) is 0 Å². The van der Waals surface area contributed by atoms with Crippen molar-refractivity contribution in [2.75, 3.05) is 0 Å². The summed E-state index contributed by atoms with van der Waals surface area (Å²) in [6.45, 7) is 10.1. The quantitative estimate of drug-likeness (QED) is 0.345. The van der Waals surface area contributed by atoms with E-state index in [0.29, 0.717) is 0 Å². The second-order valence-corrected chi connectivity index (χ2v) is 3.91. The second-order valence-electron chi connectivity index (χ2n) is 3.45. The lowest BCUT2D eigenvalue weighted by Crippen LogP contribution is -1.95. The molecule has 0 bridgehead atoms. The van der Waals surface area contributed by atoms with Crippen molar-refractivity contribution in [2.24, 2.45) is 0 Å². The van der Waals surface area contributed by atoms with Crippen LogP contribution in [0.25, 0.3) is 0 Å². The number of carbonyl (C=O) groups is 1. The topological polar surface area (TPSA) is 134 Å². The molecular weight excluding hydrogens is 268 g/mol. The number of carbonyl (C=O) groups excluding carboxylic acids is 1. The van der Waals surface area contributed by atoms with Crippen molar-refractivity contribution in [3.8, 4) is 0 Å². The van der Waals surface area contributed by atoms with E-state index in [0.717, 1.165) is 0 Å². The summed E-state index contributed by atoms with van der Waals surface area (Å²) < 4.78 is 22.8. The Bertz CT molecular complexity index is 155. The van der Waals surface area contributed by atoms with E-state index in [1.165, 1.54) is 13.8 Å². The Morgan fingerprint density at radius 1 is 0.944 bits per heavy atom. The van der Waals surface area contributed by atoms with Gasteiger partial charge in [-0.25, -0.2) is 9.78 Å². The van der Waals surface area contributed by atoms with Gasteiger partial charge in [-0.3, -0.25) is 19.6 Å². The van der Waals surface area contributed by atoms with Crippen molar-refractivity contribution in [3.05, 3.63) is 0 Å². The van der Waals surface area contributed by atoms with Crippen molar-refractivity contribution in [1.82, 2.24) is 0 Å². The van der Waals surface area contributed by atoms with E-state index in [2.05, 4.69) is 9.78 Å². The van der Waals surface area contributed by atoms with Gasteiger partial charge in [-0.05, 0) is 41.5 Å². The maximum absolute atomic E-state index is 9.44. The first kappa shape index (κ1) is 26.2.